The van der Waals surface area contributed by atoms with Gasteiger partial charge in [-0.05, 0) is 298 Å². The molecule has 8 bridgehead atoms. The molecular weight excluding hydrogens is 1750 g/mol. The monoisotopic (exact) mass is 1910 g/mol. The number of hydrogen-bond donors (Lipinski definition) is 5. The number of Topliss-reactive ketones (excluding diaryl/α,β-unsaturated/α-hetero) is 4. The van der Waals surface area contributed by atoms with Crippen LogP contribution in [-0.2, 0) is 71.3 Å². The summed E-state index contributed by atoms with van der Waals surface area (Å²) in [5.41, 5.74) is 9.91. The van der Waals surface area contributed by atoms with Gasteiger partial charge in [0.2, 0.25) is 0 Å². The summed E-state index contributed by atoms with van der Waals surface area (Å²) in [4.78, 5) is 72.2. The van der Waals surface area contributed by atoms with Gasteiger partial charge in [0.05, 0.1) is 22.4 Å². The second-order valence-electron chi connectivity index (χ2n) is 43.4. The molecule has 694 valence electrons. The lowest BCUT2D eigenvalue weighted by Gasteiger charge is -2.64. The summed E-state index contributed by atoms with van der Waals surface area (Å²) in [6.45, 7) is 32.2. The number of carbonyl (C=O) groups excluding carboxylic acids is 5. The number of phenolic OH excluding ortho intramolecular Hbond substituents is 1. The number of fused-ring (bicyclic) bond motifs is 4. The summed E-state index contributed by atoms with van der Waals surface area (Å²) in [7, 11) is 0. The zero-order valence-corrected chi connectivity index (χ0v) is 79.8. The number of likely N-dealkylation sites (tertiary alicyclic amines) is 4. The van der Waals surface area contributed by atoms with Gasteiger partial charge in [-0.25, -0.2) is 0 Å². The predicted octanol–water partition coefficient (Wildman–Crippen LogP) is 21.5. The van der Waals surface area contributed by atoms with Crippen LogP contribution in [0.2, 0.25) is 0 Å². The molecule has 18 heteroatoms. The van der Waals surface area contributed by atoms with E-state index in [1.54, 1.807) is 6.07 Å². The third kappa shape index (κ3) is 20.3. The van der Waals surface area contributed by atoms with Gasteiger partial charge in [0.25, 0.3) is 0 Å². The van der Waals surface area contributed by atoms with Crippen molar-refractivity contribution in [3.8, 4) is 5.75 Å². The maximum atomic E-state index is 13.3. The average molecular weight is 1920 g/mol. The van der Waals surface area contributed by atoms with Crippen molar-refractivity contribution in [3.05, 3.63) is 146 Å². The Morgan fingerprint density at radius 2 is 0.760 bits per heavy atom. The van der Waals surface area contributed by atoms with Gasteiger partial charge < -0.3 is 30.3 Å². The molecular formula is C107H162BBr3N4O10. The molecule has 4 aromatic carbocycles. The maximum Gasteiger partial charge on any atom is 0.369 e. The third-order valence-corrected chi connectivity index (χ3v) is 33.1. The molecule has 0 aromatic heterocycles. The fourth-order valence-corrected chi connectivity index (χ4v) is 25.8. The number of nitrogens with zero attached hydrogens (tertiary/aromatic N) is 4. The number of halogens is 3. The van der Waals surface area contributed by atoms with E-state index in [4.69, 9.17) is 0 Å². The summed E-state index contributed by atoms with van der Waals surface area (Å²) < 4.78 is 0.271. The molecule has 16 aliphatic rings. The van der Waals surface area contributed by atoms with Crippen LogP contribution in [0.5, 0.6) is 5.75 Å². The Morgan fingerprint density at radius 1 is 0.432 bits per heavy atom. The number of aldehydes is 1. The van der Waals surface area contributed by atoms with Crippen molar-refractivity contribution in [1.29, 1.82) is 0 Å². The van der Waals surface area contributed by atoms with E-state index in [1.165, 1.54) is 107 Å². The van der Waals surface area contributed by atoms with E-state index in [0.717, 1.165) is 177 Å². The van der Waals surface area contributed by atoms with Crippen LogP contribution >= 0.6 is 47.3 Å². The topological polar surface area (TPSA) is 199 Å². The number of ketones is 4. The molecule has 0 amide bonds. The molecule has 0 spiro atoms. The van der Waals surface area contributed by atoms with E-state index in [-0.39, 0.29) is 92.7 Å². The normalized spacial score (nSPS) is 33.4. The number of piperidine rings is 4. The summed E-state index contributed by atoms with van der Waals surface area (Å²) in [5, 5.41) is 59.4. The van der Waals surface area contributed by atoms with E-state index >= 15 is 0 Å². The predicted molar refractivity (Wildman–Crippen MR) is 525 cm³/mol. The highest BCUT2D eigenvalue weighted by Gasteiger charge is 2.71. The van der Waals surface area contributed by atoms with E-state index in [1.807, 2.05) is 26.0 Å². The van der Waals surface area contributed by atoms with Crippen molar-refractivity contribution in [2.24, 2.45) is 59.2 Å². The average Bonchev–Trinajstić information content (AvgIpc) is 1.51. The number of aryl methyl sites for hydroxylation is 3. The van der Waals surface area contributed by atoms with E-state index in [0.29, 0.717) is 105 Å². The van der Waals surface area contributed by atoms with Crippen LogP contribution in [0.25, 0.3) is 0 Å². The Morgan fingerprint density at radius 3 is 1.10 bits per heavy atom. The maximum absolute atomic E-state index is 13.3. The molecule has 14 atom stereocenters. The highest BCUT2D eigenvalue weighted by atomic mass is 79.9. The van der Waals surface area contributed by atoms with Crippen LogP contribution in [0.3, 0.4) is 0 Å². The van der Waals surface area contributed by atoms with E-state index in [2.05, 4.69) is 190 Å². The van der Waals surface area contributed by atoms with Crippen molar-refractivity contribution in [1.82, 2.24) is 19.6 Å². The van der Waals surface area contributed by atoms with Gasteiger partial charge in [-0.15, -0.1) is 47.3 Å². The molecule has 5 N–H and O–H groups in total. The molecule has 125 heavy (non-hydrogen) atoms. The van der Waals surface area contributed by atoms with Gasteiger partial charge in [0.15, 0.2) is 5.78 Å². The van der Waals surface area contributed by atoms with Crippen molar-refractivity contribution in [3.63, 3.8) is 0 Å². The summed E-state index contributed by atoms with van der Waals surface area (Å²) in [5.74, 6) is 7.07. The van der Waals surface area contributed by atoms with E-state index in [9.17, 15) is 49.5 Å². The molecule has 8 saturated carbocycles. The minimum absolute atomic E-state index is 0. The Bertz CT molecular complexity index is 4370. The lowest BCUT2D eigenvalue weighted by Crippen LogP contribution is -2.74. The first kappa shape index (κ1) is 101. The van der Waals surface area contributed by atoms with Crippen LogP contribution in [0.15, 0.2) is 84.4 Å². The van der Waals surface area contributed by atoms with Gasteiger partial charge in [-0.2, -0.15) is 0 Å². The highest BCUT2D eigenvalue weighted by molar-refractivity contribution is 9.69. The van der Waals surface area contributed by atoms with Gasteiger partial charge >= 0.3 is 3.18 Å². The lowest BCUT2D eigenvalue weighted by molar-refractivity contribution is -0.182. The summed E-state index contributed by atoms with van der Waals surface area (Å²) >= 11 is 9.31. The number of phenols is 1. The SMILES string of the molecule is BrB(Br)Br.C.C.C.C.CC(C)CC=O.CC(C)CC[C@H]1C[C@@]2(O)[C@H]3Cc4ccc(O)cc4[C@@]2(CCN3CC2CC2)CC1=O.Cc1ccc2c(c1)[C@]13CCN(CC4CC4)[C@H](C2)[C@]1(O)C/C(=C\CC(C)C)C(=O)C3.Cc1ccc2c(c1)[C@]13CCN(CC4CC4)[C@H](C2)[C@]1(O)CCC(=O)C3.Cc1ccc2c(c1)[C@]13CCN(CC4CC4)[C@H](C2)[C@]1(O)C[C@H](CCC(C)C)C(=O)C3.[HH]. The number of carbonyl (C=O) groups is 5. The minimum atomic E-state index is -0.878. The lowest BCUT2D eigenvalue weighted by atomic mass is 9.47. The van der Waals surface area contributed by atoms with Crippen molar-refractivity contribution in [2.45, 2.75) is 373 Å². The quantitative estimate of drug-likeness (QED) is 0.0358. The highest BCUT2D eigenvalue weighted by Crippen LogP contribution is 2.64. The Kier molecular flexibility index (Phi) is 32.8. The number of aromatic hydroxyl groups is 1. The molecule has 12 fully saturated rings. The molecule has 4 aromatic rings. The number of aliphatic hydroxyl groups is 4. The van der Waals surface area contributed by atoms with Crippen molar-refractivity contribution < 1.29 is 50.9 Å². The van der Waals surface area contributed by atoms with Crippen LogP contribution in [0.1, 0.15) is 321 Å². The summed E-state index contributed by atoms with van der Waals surface area (Å²) in [6.07, 6.45) is 31.4. The summed E-state index contributed by atoms with van der Waals surface area (Å²) in [6, 6.07) is 26.4. The first-order valence-electron chi connectivity index (χ1n) is 47.6. The standard InChI is InChI=1S/C26H37NO2.C26H35NO2.C25H35NO3.C21H27NO2.C5H10O.4CH4.BBr3.H2/c2*1-17(2)4-8-21-14-26(29)24-13-20-9-5-18(3)12-22(20)25(26,15-23(21)28)10-11-27(24)16-19-6-7-19;1-16(2)3-6-19-13-25(29)23-11-18-7-8-20(27)12-21(18)24(25,14-22(19)28)9-10-26(23)15-17-4-5-17;1-14-2-5-16-11-19-21(24)7-6-17(23)12-20(21,18(16)10-14)8-9-22(19)13-15-3-4-15;1-5(2)3-4-6;;;;;2-1(3)4;/h5,9,12,17,19,21,24,29H,4,6-8,10-11,13-16H2,1-3H3;5,8-9,12,17,19,24,29H,4,6-7,10-11,13-16H2,1-3H3;7-8,12,16-17,19,23,27,29H,3-6,9-11,13-15H2,1-2H3;2,5,10,15,19,24H,3-4,6-9,11-13H2,1H3;4-5H,3H2,1-2H3;4*1H4;;1H/b;21-8+;;;;;;;;;/t21-,24+,25+,26+;24-,25-,26-;19-,23+,24+,25+;19-,20-,21-;;;;;;;/m0101......./s1. The largest absolute Gasteiger partial charge is 0.508 e. The minimum Gasteiger partial charge on any atom is -0.508 e. The zero-order chi connectivity index (χ0) is 86.3. The second-order valence-corrected chi connectivity index (χ2v) is 49.8. The first-order chi connectivity index (χ1) is 57.5. The molecule has 4 heterocycles. The number of allylic oxidation sites excluding steroid dienone is 1. The van der Waals surface area contributed by atoms with Gasteiger partial charge in [0, 0.05) is 130 Å². The number of hydrogen-bond acceptors (Lipinski definition) is 14. The molecule has 4 saturated heterocycles. The fourth-order valence-electron chi connectivity index (χ4n) is 25.8. The molecule has 0 unspecified atom stereocenters. The van der Waals surface area contributed by atoms with Crippen LogP contribution in [0, 0.1) is 80.0 Å². The Hall–Kier alpha value is -4.05. The van der Waals surface area contributed by atoms with Crippen molar-refractivity contribution >= 4 is 79.9 Å². The molecule has 20 rings (SSSR count). The van der Waals surface area contributed by atoms with Gasteiger partial charge in [-0.1, -0.05) is 181 Å². The molecule has 14 nitrogen and oxygen atoms in total. The first-order valence-corrected chi connectivity index (χ1v) is 50.4. The van der Waals surface area contributed by atoms with Gasteiger partial charge in [0.1, 0.15) is 29.4 Å². The van der Waals surface area contributed by atoms with E-state index < -0.39 is 33.2 Å². The third-order valence-electron chi connectivity index (χ3n) is 33.1. The molecule has 4 aliphatic heterocycles. The number of benzene rings is 4. The molecule has 0 radical (unpaired) electrons. The fraction of sp³-hybridized carbons (Fsp3) is 0.710. The second kappa shape index (κ2) is 40.4. The number of rotatable bonds is 18. The molecule has 12 aliphatic carbocycles. The smallest absolute Gasteiger partial charge is 0.369 e. The zero-order valence-electron chi connectivity index (χ0n) is 75.0. The Labute approximate surface area is 780 Å². The van der Waals surface area contributed by atoms with Crippen LogP contribution < -0.4 is 0 Å². The van der Waals surface area contributed by atoms with Crippen LogP contribution in [-0.4, -0.2) is 177 Å². The van der Waals surface area contributed by atoms with Gasteiger partial charge in [-0.3, -0.25) is 38.8 Å². The van der Waals surface area contributed by atoms with Crippen LogP contribution in [0.4, 0.5) is 0 Å². The van der Waals surface area contributed by atoms with Crippen molar-refractivity contribution in [2.75, 3.05) is 52.4 Å². The Balaban J connectivity index is 0.000000167.